The number of amides is 2. The number of nitrogens with zero attached hydrogens (tertiary/aromatic N) is 2. The Morgan fingerprint density at radius 2 is 1.88 bits per heavy atom. The third-order valence-electron chi connectivity index (χ3n) is 3.76. The molecule has 0 spiro atoms. The highest BCUT2D eigenvalue weighted by molar-refractivity contribution is 7.08. The molecule has 2 aromatic rings. The molecule has 0 saturated heterocycles. The SMILES string of the molecule is CCc1nnsc1C(=O)NCc1ccc(C(=O)NC(C)CC)cc1. The van der Waals surface area contributed by atoms with Gasteiger partial charge in [-0.2, -0.15) is 0 Å². The summed E-state index contributed by atoms with van der Waals surface area (Å²) in [5.74, 6) is -0.247. The van der Waals surface area contributed by atoms with Gasteiger partial charge >= 0.3 is 0 Å². The Morgan fingerprint density at radius 3 is 2.50 bits per heavy atom. The van der Waals surface area contributed by atoms with Gasteiger partial charge in [-0.15, -0.1) is 5.10 Å². The summed E-state index contributed by atoms with van der Waals surface area (Å²) in [5, 5.41) is 9.72. The van der Waals surface area contributed by atoms with E-state index in [0.29, 0.717) is 23.4 Å². The summed E-state index contributed by atoms with van der Waals surface area (Å²) >= 11 is 1.11. The molecule has 1 aromatic carbocycles. The summed E-state index contributed by atoms with van der Waals surface area (Å²) in [6.45, 7) is 6.34. The van der Waals surface area contributed by atoms with Crippen LogP contribution in [0.2, 0.25) is 0 Å². The van der Waals surface area contributed by atoms with Crippen molar-refractivity contribution in [2.24, 2.45) is 0 Å². The molecule has 7 heteroatoms. The van der Waals surface area contributed by atoms with Gasteiger partial charge in [0.15, 0.2) is 0 Å². The summed E-state index contributed by atoms with van der Waals surface area (Å²) in [6, 6.07) is 7.38. The lowest BCUT2D eigenvalue weighted by molar-refractivity contribution is 0.0934. The van der Waals surface area contributed by atoms with Gasteiger partial charge in [-0.25, -0.2) is 0 Å². The highest BCUT2D eigenvalue weighted by Gasteiger charge is 2.14. The highest BCUT2D eigenvalue weighted by Crippen LogP contribution is 2.11. The topological polar surface area (TPSA) is 84.0 Å². The van der Waals surface area contributed by atoms with Gasteiger partial charge in [-0.3, -0.25) is 9.59 Å². The number of benzene rings is 1. The minimum Gasteiger partial charge on any atom is -0.350 e. The van der Waals surface area contributed by atoms with Crippen molar-refractivity contribution in [3.8, 4) is 0 Å². The van der Waals surface area contributed by atoms with Crippen LogP contribution in [0.4, 0.5) is 0 Å². The lowest BCUT2D eigenvalue weighted by Gasteiger charge is -2.11. The summed E-state index contributed by atoms with van der Waals surface area (Å²) in [7, 11) is 0. The molecule has 128 valence electrons. The minimum atomic E-state index is -0.166. The summed E-state index contributed by atoms with van der Waals surface area (Å²) in [6.07, 6.45) is 1.57. The molecule has 0 saturated carbocycles. The molecule has 24 heavy (non-hydrogen) atoms. The van der Waals surface area contributed by atoms with E-state index in [1.807, 2.05) is 32.9 Å². The van der Waals surface area contributed by atoms with Crippen molar-refractivity contribution in [2.45, 2.75) is 46.2 Å². The largest absolute Gasteiger partial charge is 0.350 e. The van der Waals surface area contributed by atoms with Crippen molar-refractivity contribution in [3.05, 3.63) is 46.0 Å². The normalized spacial score (nSPS) is 11.8. The predicted molar refractivity (Wildman–Crippen MR) is 94.1 cm³/mol. The molecule has 0 radical (unpaired) electrons. The van der Waals surface area contributed by atoms with E-state index in [0.717, 1.165) is 29.2 Å². The molecule has 0 fully saturated rings. The molecule has 1 heterocycles. The van der Waals surface area contributed by atoms with Gasteiger partial charge in [0.2, 0.25) is 0 Å². The second-order valence-electron chi connectivity index (χ2n) is 5.56. The predicted octanol–water partition coefficient (Wildman–Crippen LogP) is 2.56. The Bertz CT molecular complexity index is 697. The van der Waals surface area contributed by atoms with Gasteiger partial charge < -0.3 is 10.6 Å². The van der Waals surface area contributed by atoms with Crippen LogP contribution in [0.1, 0.15) is 58.5 Å². The van der Waals surface area contributed by atoms with E-state index in [-0.39, 0.29) is 17.9 Å². The van der Waals surface area contributed by atoms with Gasteiger partial charge in [-0.1, -0.05) is 30.5 Å². The molecule has 0 aliphatic heterocycles. The van der Waals surface area contributed by atoms with Crippen molar-refractivity contribution < 1.29 is 9.59 Å². The van der Waals surface area contributed by atoms with Crippen molar-refractivity contribution >= 4 is 23.3 Å². The number of rotatable bonds is 7. The fourth-order valence-corrected chi connectivity index (χ4v) is 2.72. The maximum atomic E-state index is 12.1. The zero-order valence-corrected chi connectivity index (χ0v) is 14.9. The molecule has 0 aliphatic carbocycles. The van der Waals surface area contributed by atoms with Crippen molar-refractivity contribution in [1.29, 1.82) is 0 Å². The first kappa shape index (κ1) is 18.1. The Kier molecular flexibility index (Phi) is 6.43. The molecular formula is C17H22N4O2S. The first-order valence-electron chi connectivity index (χ1n) is 8.04. The van der Waals surface area contributed by atoms with E-state index in [9.17, 15) is 9.59 Å². The van der Waals surface area contributed by atoms with Gasteiger partial charge in [0.1, 0.15) is 4.88 Å². The van der Waals surface area contributed by atoms with E-state index in [1.54, 1.807) is 12.1 Å². The number of carbonyl (C=O) groups is 2. The van der Waals surface area contributed by atoms with Crippen LogP contribution in [0.25, 0.3) is 0 Å². The minimum absolute atomic E-state index is 0.0803. The fraction of sp³-hybridized carbons (Fsp3) is 0.412. The lowest BCUT2D eigenvalue weighted by Crippen LogP contribution is -2.31. The Labute approximate surface area is 145 Å². The lowest BCUT2D eigenvalue weighted by atomic mass is 10.1. The van der Waals surface area contributed by atoms with Crippen molar-refractivity contribution in [2.75, 3.05) is 0 Å². The number of hydrogen-bond acceptors (Lipinski definition) is 5. The summed E-state index contributed by atoms with van der Waals surface area (Å²) in [4.78, 5) is 24.7. The number of nitrogens with one attached hydrogen (secondary N) is 2. The Morgan fingerprint density at radius 1 is 1.17 bits per heavy atom. The van der Waals surface area contributed by atoms with E-state index >= 15 is 0 Å². The van der Waals surface area contributed by atoms with E-state index in [1.165, 1.54) is 0 Å². The van der Waals surface area contributed by atoms with Crippen LogP contribution < -0.4 is 10.6 Å². The number of hydrogen-bond donors (Lipinski definition) is 2. The molecule has 1 atom stereocenters. The average Bonchev–Trinajstić information content (AvgIpc) is 3.08. The molecule has 0 bridgehead atoms. The van der Waals surface area contributed by atoms with Crippen LogP contribution in [0.3, 0.4) is 0 Å². The second kappa shape index (κ2) is 8.54. The monoisotopic (exact) mass is 346 g/mol. The first-order chi connectivity index (χ1) is 11.5. The molecule has 0 aliphatic rings. The fourth-order valence-electron chi connectivity index (χ4n) is 2.06. The van der Waals surface area contributed by atoms with Crippen LogP contribution in [0.15, 0.2) is 24.3 Å². The van der Waals surface area contributed by atoms with Crippen molar-refractivity contribution in [3.63, 3.8) is 0 Å². The Hall–Kier alpha value is -2.28. The zero-order chi connectivity index (χ0) is 17.5. The number of carbonyl (C=O) groups excluding carboxylic acids is 2. The molecule has 1 aromatic heterocycles. The first-order valence-corrected chi connectivity index (χ1v) is 8.81. The summed E-state index contributed by atoms with van der Waals surface area (Å²) in [5.41, 5.74) is 2.26. The van der Waals surface area contributed by atoms with Crippen LogP contribution >= 0.6 is 11.5 Å². The smallest absolute Gasteiger partial charge is 0.265 e. The third-order valence-corrected chi connectivity index (χ3v) is 4.52. The highest BCUT2D eigenvalue weighted by atomic mass is 32.1. The molecular weight excluding hydrogens is 324 g/mol. The molecule has 2 rings (SSSR count). The van der Waals surface area contributed by atoms with Crippen LogP contribution in [-0.4, -0.2) is 27.4 Å². The standard InChI is InChI=1S/C17H22N4O2S/c1-4-11(3)19-16(22)13-8-6-12(7-9-13)10-18-17(23)15-14(5-2)20-21-24-15/h6-9,11H,4-5,10H2,1-3H3,(H,18,23)(H,19,22). The molecule has 6 nitrogen and oxygen atoms in total. The van der Waals surface area contributed by atoms with Gasteiger partial charge in [0.05, 0.1) is 5.69 Å². The van der Waals surface area contributed by atoms with Crippen LogP contribution in [0.5, 0.6) is 0 Å². The summed E-state index contributed by atoms with van der Waals surface area (Å²) < 4.78 is 3.82. The maximum absolute atomic E-state index is 12.1. The van der Waals surface area contributed by atoms with E-state index < -0.39 is 0 Å². The third kappa shape index (κ3) is 4.61. The van der Waals surface area contributed by atoms with E-state index in [4.69, 9.17) is 0 Å². The van der Waals surface area contributed by atoms with Gasteiger partial charge in [0, 0.05) is 18.2 Å². The Balaban J connectivity index is 1.92. The van der Waals surface area contributed by atoms with Gasteiger partial charge in [-0.05, 0) is 49.0 Å². The van der Waals surface area contributed by atoms with Crippen LogP contribution in [-0.2, 0) is 13.0 Å². The zero-order valence-electron chi connectivity index (χ0n) is 14.1. The quantitative estimate of drug-likeness (QED) is 0.807. The van der Waals surface area contributed by atoms with Crippen LogP contribution in [0, 0.1) is 0 Å². The second-order valence-corrected chi connectivity index (χ2v) is 6.32. The number of aromatic nitrogens is 2. The average molecular weight is 346 g/mol. The molecule has 1 unspecified atom stereocenters. The van der Waals surface area contributed by atoms with Crippen molar-refractivity contribution in [1.82, 2.24) is 20.2 Å². The molecule has 2 N–H and O–H groups in total. The van der Waals surface area contributed by atoms with E-state index in [2.05, 4.69) is 20.2 Å². The maximum Gasteiger partial charge on any atom is 0.265 e. The molecule has 2 amide bonds. The number of aryl methyl sites for hydroxylation is 1. The van der Waals surface area contributed by atoms with Gasteiger partial charge in [0.25, 0.3) is 11.8 Å².